The molecular weight excluding hydrogens is 196 g/mol. The largest absolute Gasteiger partial charge is 0.336 e. The summed E-state index contributed by atoms with van der Waals surface area (Å²) in [5.74, 6) is 0.107. The molecule has 74 valence electrons. The molecule has 14 heavy (non-hydrogen) atoms. The van der Waals surface area contributed by atoms with Crippen LogP contribution in [0.1, 0.15) is 28.1 Å². The minimum Gasteiger partial charge on any atom is -0.336 e. The van der Waals surface area contributed by atoms with Gasteiger partial charge in [-0.15, -0.1) is 11.3 Å². The molecule has 1 fully saturated rings. The van der Waals surface area contributed by atoms with Gasteiger partial charge in [-0.05, 0) is 24.3 Å². The average Bonchev–Trinajstić information content (AvgIpc) is 2.75. The van der Waals surface area contributed by atoms with E-state index in [-0.39, 0.29) is 12.1 Å². The first-order chi connectivity index (χ1) is 6.84. The van der Waals surface area contributed by atoms with Gasteiger partial charge in [-0.25, -0.2) is 0 Å². The summed E-state index contributed by atoms with van der Waals surface area (Å²) in [4.78, 5) is 15.4. The molecule has 3 rings (SSSR count). The van der Waals surface area contributed by atoms with E-state index in [9.17, 15) is 4.79 Å². The summed E-state index contributed by atoms with van der Waals surface area (Å²) in [7, 11) is 0. The molecule has 1 unspecified atom stereocenters. The third-order valence-electron chi connectivity index (χ3n) is 3.00. The molecule has 0 saturated carbocycles. The molecule has 0 aromatic carbocycles. The highest BCUT2D eigenvalue weighted by Gasteiger charge is 2.31. The van der Waals surface area contributed by atoms with Gasteiger partial charge in [-0.3, -0.25) is 9.69 Å². The summed E-state index contributed by atoms with van der Waals surface area (Å²) >= 11 is 1.69. The van der Waals surface area contributed by atoms with Crippen LogP contribution in [0.15, 0.2) is 11.4 Å². The third-order valence-corrected chi connectivity index (χ3v) is 3.90. The van der Waals surface area contributed by atoms with E-state index in [2.05, 4.69) is 10.2 Å². The van der Waals surface area contributed by atoms with Crippen LogP contribution in [0, 0.1) is 0 Å². The van der Waals surface area contributed by atoms with Crippen molar-refractivity contribution in [3.63, 3.8) is 0 Å². The van der Waals surface area contributed by atoms with Crippen molar-refractivity contribution in [3.05, 3.63) is 21.9 Å². The molecule has 1 saturated heterocycles. The van der Waals surface area contributed by atoms with Gasteiger partial charge in [0.25, 0.3) is 5.91 Å². The number of thiophene rings is 1. The van der Waals surface area contributed by atoms with Crippen LogP contribution in [-0.4, -0.2) is 23.5 Å². The molecule has 1 N–H and O–H groups in total. The van der Waals surface area contributed by atoms with Crippen LogP contribution >= 0.6 is 11.3 Å². The summed E-state index contributed by atoms with van der Waals surface area (Å²) in [5.41, 5.74) is 0.879. The second kappa shape index (κ2) is 3.07. The quantitative estimate of drug-likeness (QED) is 0.699. The predicted octanol–water partition coefficient (Wildman–Crippen LogP) is 1.41. The summed E-state index contributed by atoms with van der Waals surface area (Å²) < 4.78 is 0. The highest BCUT2D eigenvalue weighted by molar-refractivity contribution is 7.10. The number of amides is 1. The fraction of sp³-hybridized carbons (Fsp3) is 0.500. The molecular formula is C10H12N2OS. The van der Waals surface area contributed by atoms with E-state index in [0.717, 1.165) is 25.1 Å². The number of carbonyl (C=O) groups is 1. The van der Waals surface area contributed by atoms with Gasteiger partial charge in [0.05, 0.1) is 11.7 Å². The zero-order chi connectivity index (χ0) is 9.54. The van der Waals surface area contributed by atoms with Crippen LogP contribution in [0.3, 0.4) is 0 Å². The van der Waals surface area contributed by atoms with Gasteiger partial charge in [0.2, 0.25) is 0 Å². The van der Waals surface area contributed by atoms with Crippen molar-refractivity contribution in [1.82, 2.24) is 10.2 Å². The van der Waals surface area contributed by atoms with Crippen LogP contribution in [0.4, 0.5) is 0 Å². The van der Waals surface area contributed by atoms with Gasteiger partial charge in [0.15, 0.2) is 0 Å². The fourth-order valence-electron chi connectivity index (χ4n) is 2.26. The lowest BCUT2D eigenvalue weighted by molar-refractivity contribution is 0.0901. The minimum absolute atomic E-state index is 0.107. The first kappa shape index (κ1) is 8.44. The van der Waals surface area contributed by atoms with Crippen molar-refractivity contribution in [2.24, 2.45) is 0 Å². The van der Waals surface area contributed by atoms with Gasteiger partial charge < -0.3 is 5.32 Å². The van der Waals surface area contributed by atoms with Crippen LogP contribution in [0.25, 0.3) is 0 Å². The maximum absolute atomic E-state index is 11.8. The summed E-state index contributed by atoms with van der Waals surface area (Å²) in [6.07, 6.45) is 2.58. The second-order valence-corrected chi connectivity index (χ2v) is 4.86. The van der Waals surface area contributed by atoms with E-state index in [0.29, 0.717) is 0 Å². The number of hydrogen-bond acceptors (Lipinski definition) is 3. The maximum Gasteiger partial charge on any atom is 0.253 e. The van der Waals surface area contributed by atoms with Crippen LogP contribution < -0.4 is 5.32 Å². The number of fused-ring (bicyclic) bond motifs is 2. The Labute approximate surface area is 86.7 Å². The molecule has 2 aliphatic heterocycles. The monoisotopic (exact) mass is 208 g/mol. The van der Waals surface area contributed by atoms with E-state index >= 15 is 0 Å². The molecule has 1 amide bonds. The predicted molar refractivity (Wildman–Crippen MR) is 55.2 cm³/mol. The normalized spacial score (nSPS) is 26.6. The molecule has 3 heterocycles. The highest BCUT2D eigenvalue weighted by atomic mass is 32.1. The second-order valence-electron chi connectivity index (χ2n) is 3.86. The van der Waals surface area contributed by atoms with Crippen molar-refractivity contribution in [2.45, 2.75) is 25.6 Å². The Hall–Kier alpha value is -0.870. The topological polar surface area (TPSA) is 32.3 Å². The van der Waals surface area contributed by atoms with E-state index in [1.807, 2.05) is 11.4 Å². The van der Waals surface area contributed by atoms with E-state index in [4.69, 9.17) is 0 Å². The Balaban J connectivity index is 1.99. The van der Waals surface area contributed by atoms with Crippen molar-refractivity contribution < 1.29 is 4.79 Å². The summed E-state index contributed by atoms with van der Waals surface area (Å²) in [6, 6.07) is 1.93. The number of nitrogens with one attached hydrogen (secondary N) is 1. The molecule has 0 radical (unpaired) electrons. The molecule has 1 aromatic rings. The first-order valence-corrected chi connectivity index (χ1v) is 5.84. The molecule has 1 aromatic heterocycles. The summed E-state index contributed by atoms with van der Waals surface area (Å²) in [5, 5.41) is 5.08. The van der Waals surface area contributed by atoms with E-state index in [1.165, 1.54) is 11.3 Å². The van der Waals surface area contributed by atoms with Crippen molar-refractivity contribution >= 4 is 17.2 Å². The zero-order valence-electron chi connectivity index (χ0n) is 7.82. The Kier molecular flexibility index (Phi) is 1.85. The Bertz CT molecular complexity index is 374. The van der Waals surface area contributed by atoms with Crippen molar-refractivity contribution in [1.29, 1.82) is 0 Å². The first-order valence-electron chi connectivity index (χ1n) is 4.96. The Morgan fingerprint density at radius 1 is 1.57 bits per heavy atom. The molecule has 1 atom stereocenters. The lowest BCUT2D eigenvalue weighted by Gasteiger charge is -2.21. The van der Waals surface area contributed by atoms with Gasteiger partial charge in [0, 0.05) is 18.0 Å². The fourth-order valence-corrected chi connectivity index (χ4v) is 3.15. The van der Waals surface area contributed by atoms with Gasteiger partial charge in [-0.1, -0.05) is 0 Å². The van der Waals surface area contributed by atoms with Gasteiger partial charge in [-0.2, -0.15) is 0 Å². The maximum atomic E-state index is 11.8. The van der Waals surface area contributed by atoms with Crippen molar-refractivity contribution in [3.8, 4) is 0 Å². The molecule has 2 aliphatic rings. The van der Waals surface area contributed by atoms with Crippen molar-refractivity contribution in [2.75, 3.05) is 6.54 Å². The molecule has 3 nitrogen and oxygen atoms in total. The van der Waals surface area contributed by atoms with Crippen LogP contribution in [-0.2, 0) is 6.54 Å². The average molecular weight is 208 g/mol. The summed E-state index contributed by atoms with van der Waals surface area (Å²) in [6.45, 7) is 2.05. The Morgan fingerprint density at radius 2 is 2.50 bits per heavy atom. The highest BCUT2D eigenvalue weighted by Crippen LogP contribution is 2.26. The molecule has 4 heteroatoms. The molecule has 0 aliphatic carbocycles. The molecule has 0 bridgehead atoms. The SMILES string of the molecule is O=C1NC2CCCN2Cc2sccc21. The number of nitrogens with zero attached hydrogens (tertiary/aromatic N) is 1. The van der Waals surface area contributed by atoms with E-state index < -0.39 is 0 Å². The third kappa shape index (κ3) is 1.18. The lowest BCUT2D eigenvalue weighted by Crippen LogP contribution is -2.41. The van der Waals surface area contributed by atoms with Gasteiger partial charge in [0.1, 0.15) is 0 Å². The van der Waals surface area contributed by atoms with E-state index in [1.54, 1.807) is 11.3 Å². The number of hydrogen-bond donors (Lipinski definition) is 1. The minimum atomic E-state index is 0.107. The molecule has 0 spiro atoms. The van der Waals surface area contributed by atoms with Crippen LogP contribution in [0.2, 0.25) is 0 Å². The lowest BCUT2D eigenvalue weighted by atomic mass is 10.2. The Morgan fingerprint density at radius 3 is 3.43 bits per heavy atom. The zero-order valence-corrected chi connectivity index (χ0v) is 8.64. The smallest absolute Gasteiger partial charge is 0.253 e. The van der Waals surface area contributed by atoms with Crippen LogP contribution in [0.5, 0.6) is 0 Å². The van der Waals surface area contributed by atoms with Gasteiger partial charge >= 0.3 is 0 Å². The number of carbonyl (C=O) groups excluding carboxylic acids is 1. The number of rotatable bonds is 0. The standard InChI is InChI=1S/C10H12N2OS/c13-10-7-3-5-14-8(7)6-12-4-1-2-9(12)11-10/h3,5,9H,1-2,4,6H2,(H,11,13).